The lowest BCUT2D eigenvalue weighted by molar-refractivity contribution is 0.0698. The van der Waals surface area contributed by atoms with Gasteiger partial charge in [-0.1, -0.05) is 19.1 Å². The van der Waals surface area contributed by atoms with Crippen molar-refractivity contribution in [3.05, 3.63) is 51.7 Å². The molecule has 0 saturated carbocycles. The number of carbonyl (C=O) groups is 2. The molecule has 98 valence electrons. The Hall–Kier alpha value is -2.14. The Kier molecular flexibility index (Phi) is 3.97. The number of anilines is 1. The minimum absolute atomic E-state index is 0.115. The molecule has 2 N–H and O–H groups in total. The van der Waals surface area contributed by atoms with E-state index in [9.17, 15) is 14.7 Å². The molecule has 4 nitrogen and oxygen atoms in total. The third-order valence-electron chi connectivity index (χ3n) is 2.72. The number of nitrogens with one attached hydrogen (secondary N) is 1. The first kappa shape index (κ1) is 13.3. The molecule has 0 bridgehead atoms. The zero-order chi connectivity index (χ0) is 13.8. The van der Waals surface area contributed by atoms with Gasteiger partial charge in [-0.05, 0) is 35.6 Å². The van der Waals surface area contributed by atoms with E-state index in [4.69, 9.17) is 0 Å². The van der Waals surface area contributed by atoms with Crippen LogP contribution in [0.1, 0.15) is 32.5 Å². The van der Waals surface area contributed by atoms with Gasteiger partial charge in [0.15, 0.2) is 0 Å². The fraction of sp³-hybridized carbons (Fsp3) is 0.143. The average Bonchev–Trinajstić information content (AvgIpc) is 2.92. The van der Waals surface area contributed by atoms with Crippen LogP contribution < -0.4 is 5.32 Å². The lowest BCUT2D eigenvalue weighted by Crippen LogP contribution is -2.13. The van der Waals surface area contributed by atoms with Crippen LogP contribution in [-0.4, -0.2) is 17.0 Å². The second-order valence-corrected chi connectivity index (χ2v) is 4.92. The molecule has 19 heavy (non-hydrogen) atoms. The number of carboxylic acids is 1. The van der Waals surface area contributed by atoms with Crippen LogP contribution in [0.3, 0.4) is 0 Å². The zero-order valence-electron chi connectivity index (χ0n) is 10.3. The minimum atomic E-state index is -1.04. The SMILES string of the molecule is CCc1ccc(NC(=O)c2cccs2)c(C(=O)O)c1. The van der Waals surface area contributed by atoms with Crippen molar-refractivity contribution in [3.63, 3.8) is 0 Å². The van der Waals surface area contributed by atoms with E-state index in [1.807, 2.05) is 13.0 Å². The second kappa shape index (κ2) is 5.67. The van der Waals surface area contributed by atoms with Gasteiger partial charge in [0.1, 0.15) is 0 Å². The highest BCUT2D eigenvalue weighted by molar-refractivity contribution is 7.12. The first-order chi connectivity index (χ1) is 9.11. The Balaban J connectivity index is 2.29. The van der Waals surface area contributed by atoms with Crippen molar-refractivity contribution in [2.75, 3.05) is 5.32 Å². The number of aromatic carboxylic acids is 1. The zero-order valence-corrected chi connectivity index (χ0v) is 11.2. The van der Waals surface area contributed by atoms with Gasteiger partial charge in [-0.25, -0.2) is 4.79 Å². The van der Waals surface area contributed by atoms with Crippen LogP contribution in [0, 0.1) is 0 Å². The monoisotopic (exact) mass is 275 g/mol. The third-order valence-corrected chi connectivity index (χ3v) is 3.58. The summed E-state index contributed by atoms with van der Waals surface area (Å²) >= 11 is 1.31. The Morgan fingerprint density at radius 3 is 2.68 bits per heavy atom. The number of thiophene rings is 1. The summed E-state index contributed by atoms with van der Waals surface area (Å²) in [4.78, 5) is 23.7. The van der Waals surface area contributed by atoms with Crippen molar-refractivity contribution in [1.29, 1.82) is 0 Å². The summed E-state index contributed by atoms with van der Waals surface area (Å²) in [6.45, 7) is 1.95. The van der Waals surface area contributed by atoms with E-state index in [0.717, 1.165) is 12.0 Å². The van der Waals surface area contributed by atoms with Crippen LogP contribution in [0.5, 0.6) is 0 Å². The van der Waals surface area contributed by atoms with Crippen LogP contribution >= 0.6 is 11.3 Å². The topological polar surface area (TPSA) is 66.4 Å². The lowest BCUT2D eigenvalue weighted by atomic mass is 10.1. The van der Waals surface area contributed by atoms with E-state index >= 15 is 0 Å². The molecule has 0 aliphatic carbocycles. The molecule has 0 saturated heterocycles. The van der Waals surface area contributed by atoms with Gasteiger partial charge < -0.3 is 10.4 Å². The molecule has 0 atom stereocenters. The Morgan fingerprint density at radius 2 is 2.11 bits per heavy atom. The molecular weight excluding hydrogens is 262 g/mol. The lowest BCUT2D eigenvalue weighted by Gasteiger charge is -2.09. The van der Waals surface area contributed by atoms with E-state index in [1.54, 1.807) is 29.6 Å². The summed E-state index contributed by atoms with van der Waals surface area (Å²) < 4.78 is 0. The molecule has 0 spiro atoms. The number of aryl methyl sites for hydroxylation is 1. The molecule has 0 fully saturated rings. The fourth-order valence-electron chi connectivity index (χ4n) is 1.69. The highest BCUT2D eigenvalue weighted by atomic mass is 32.1. The first-order valence-corrected chi connectivity index (χ1v) is 6.71. The molecule has 1 aromatic heterocycles. The van der Waals surface area contributed by atoms with Crippen molar-refractivity contribution in [2.45, 2.75) is 13.3 Å². The summed E-state index contributed by atoms with van der Waals surface area (Å²) in [5, 5.41) is 13.6. The molecule has 1 heterocycles. The molecule has 5 heteroatoms. The normalized spacial score (nSPS) is 10.2. The number of hydrogen-bond acceptors (Lipinski definition) is 3. The summed E-state index contributed by atoms with van der Waals surface area (Å²) in [5.74, 6) is -1.33. The largest absolute Gasteiger partial charge is 0.478 e. The molecule has 1 amide bonds. The quantitative estimate of drug-likeness (QED) is 0.900. The number of hydrogen-bond donors (Lipinski definition) is 2. The van der Waals surface area contributed by atoms with Crippen molar-refractivity contribution in [3.8, 4) is 0 Å². The maximum absolute atomic E-state index is 11.9. The van der Waals surface area contributed by atoms with Gasteiger partial charge in [0.05, 0.1) is 16.1 Å². The first-order valence-electron chi connectivity index (χ1n) is 5.83. The Labute approximate surface area is 114 Å². The van der Waals surface area contributed by atoms with Gasteiger partial charge in [0.2, 0.25) is 0 Å². The highest BCUT2D eigenvalue weighted by Gasteiger charge is 2.14. The summed E-state index contributed by atoms with van der Waals surface area (Å²) in [5.41, 5.74) is 1.36. The Morgan fingerprint density at radius 1 is 1.32 bits per heavy atom. The van der Waals surface area contributed by atoms with Crippen LogP contribution in [0.25, 0.3) is 0 Å². The van der Waals surface area contributed by atoms with E-state index < -0.39 is 5.97 Å². The Bertz CT molecular complexity index is 605. The maximum Gasteiger partial charge on any atom is 0.337 e. The van der Waals surface area contributed by atoms with E-state index in [0.29, 0.717) is 10.6 Å². The number of rotatable bonds is 4. The van der Waals surface area contributed by atoms with E-state index in [2.05, 4.69) is 5.32 Å². The van der Waals surface area contributed by atoms with Crippen LogP contribution in [0.2, 0.25) is 0 Å². The van der Waals surface area contributed by atoms with Gasteiger partial charge >= 0.3 is 5.97 Å². The van der Waals surface area contributed by atoms with Crippen LogP contribution in [0.15, 0.2) is 35.7 Å². The average molecular weight is 275 g/mol. The highest BCUT2D eigenvalue weighted by Crippen LogP contribution is 2.20. The van der Waals surface area contributed by atoms with Gasteiger partial charge in [-0.15, -0.1) is 11.3 Å². The van der Waals surface area contributed by atoms with Crippen molar-refractivity contribution in [1.82, 2.24) is 0 Å². The molecular formula is C14H13NO3S. The summed E-state index contributed by atoms with van der Waals surface area (Å²) in [7, 11) is 0. The number of carbonyl (C=O) groups excluding carboxylic acids is 1. The molecule has 0 unspecified atom stereocenters. The third kappa shape index (κ3) is 3.00. The van der Waals surface area contributed by atoms with E-state index in [-0.39, 0.29) is 11.5 Å². The fourth-order valence-corrected chi connectivity index (χ4v) is 2.31. The van der Waals surface area contributed by atoms with E-state index in [1.165, 1.54) is 11.3 Å². The van der Waals surface area contributed by atoms with Gasteiger partial charge in [-0.2, -0.15) is 0 Å². The standard InChI is InChI=1S/C14H13NO3S/c1-2-9-5-6-11(10(8-9)14(17)18)15-13(16)12-4-3-7-19-12/h3-8H,2H2,1H3,(H,15,16)(H,17,18). The van der Waals surface area contributed by atoms with Gasteiger partial charge in [-0.3, -0.25) is 4.79 Å². The molecule has 0 aliphatic heterocycles. The van der Waals surface area contributed by atoms with Gasteiger partial charge in [0, 0.05) is 0 Å². The number of benzene rings is 1. The van der Waals surface area contributed by atoms with Crippen molar-refractivity contribution < 1.29 is 14.7 Å². The molecule has 2 rings (SSSR count). The van der Waals surface area contributed by atoms with Crippen molar-refractivity contribution >= 4 is 28.9 Å². The second-order valence-electron chi connectivity index (χ2n) is 3.97. The predicted molar refractivity (Wildman–Crippen MR) is 75.1 cm³/mol. The smallest absolute Gasteiger partial charge is 0.337 e. The predicted octanol–water partition coefficient (Wildman–Crippen LogP) is 3.26. The van der Waals surface area contributed by atoms with Crippen molar-refractivity contribution in [2.24, 2.45) is 0 Å². The van der Waals surface area contributed by atoms with Crippen LogP contribution in [-0.2, 0) is 6.42 Å². The number of carboxylic acid groups (broad SMARTS) is 1. The molecule has 0 aliphatic rings. The van der Waals surface area contributed by atoms with Gasteiger partial charge in [0.25, 0.3) is 5.91 Å². The molecule has 0 radical (unpaired) electrons. The summed E-state index contributed by atoms with van der Waals surface area (Å²) in [6, 6.07) is 8.51. The van der Waals surface area contributed by atoms with Crippen LogP contribution in [0.4, 0.5) is 5.69 Å². The molecule has 2 aromatic rings. The maximum atomic E-state index is 11.9. The molecule has 1 aromatic carbocycles. The summed E-state index contributed by atoms with van der Waals surface area (Å²) in [6.07, 6.45) is 0.749. The minimum Gasteiger partial charge on any atom is -0.478 e. The number of amides is 1.